The summed E-state index contributed by atoms with van der Waals surface area (Å²) in [5.41, 5.74) is 3.38. The minimum absolute atomic E-state index is 0.104. The number of nitrogens with zero attached hydrogens (tertiary/aromatic N) is 3. The lowest BCUT2D eigenvalue weighted by Gasteiger charge is -2.30. The zero-order valence-electron chi connectivity index (χ0n) is 16.9. The van der Waals surface area contributed by atoms with Gasteiger partial charge < -0.3 is 15.0 Å². The van der Waals surface area contributed by atoms with Crippen LogP contribution < -0.4 is 15.0 Å². The SMILES string of the molecule is CCOc1ccccc1NC(=O)CSc1nccnc1N1CCc2ccccc2C1. The molecule has 0 fully saturated rings. The third-order valence-corrected chi connectivity index (χ3v) is 5.85. The molecule has 154 valence electrons. The molecule has 1 N–H and O–H groups in total. The van der Waals surface area contributed by atoms with E-state index in [-0.39, 0.29) is 11.7 Å². The van der Waals surface area contributed by atoms with Crippen molar-refractivity contribution < 1.29 is 9.53 Å². The zero-order chi connectivity index (χ0) is 20.8. The maximum atomic E-state index is 12.5. The van der Waals surface area contributed by atoms with E-state index in [9.17, 15) is 4.79 Å². The number of aromatic nitrogens is 2. The number of rotatable bonds is 7. The Hall–Kier alpha value is -3.06. The summed E-state index contributed by atoms with van der Waals surface area (Å²) >= 11 is 1.40. The van der Waals surface area contributed by atoms with Crippen molar-refractivity contribution in [1.82, 2.24) is 9.97 Å². The standard InChI is InChI=1S/C23H24N4O2S/c1-2-29-20-10-6-5-9-19(20)26-21(28)16-30-23-22(24-12-13-25-23)27-14-11-17-7-3-4-8-18(17)15-27/h3-10,12-13H,2,11,14-16H2,1H3,(H,26,28). The Labute approximate surface area is 180 Å². The van der Waals surface area contributed by atoms with Crippen LogP contribution in [-0.2, 0) is 17.8 Å². The third-order valence-electron chi connectivity index (χ3n) is 4.88. The number of carbonyl (C=O) groups excluding carboxylic acids is 1. The lowest BCUT2D eigenvalue weighted by atomic mass is 10.0. The molecule has 0 bridgehead atoms. The fourth-order valence-electron chi connectivity index (χ4n) is 3.48. The molecule has 30 heavy (non-hydrogen) atoms. The van der Waals surface area contributed by atoms with Gasteiger partial charge in [0.2, 0.25) is 5.91 Å². The van der Waals surface area contributed by atoms with Gasteiger partial charge >= 0.3 is 0 Å². The smallest absolute Gasteiger partial charge is 0.234 e. The molecule has 3 aromatic rings. The molecule has 0 saturated carbocycles. The molecule has 2 aromatic carbocycles. The second-order valence-electron chi connectivity index (χ2n) is 6.89. The number of hydrogen-bond donors (Lipinski definition) is 1. The maximum Gasteiger partial charge on any atom is 0.234 e. The lowest BCUT2D eigenvalue weighted by Crippen LogP contribution is -2.31. The number of ether oxygens (including phenoxy) is 1. The molecule has 0 radical (unpaired) electrons. The average molecular weight is 421 g/mol. The van der Waals surface area contributed by atoms with Gasteiger partial charge in [-0.05, 0) is 36.6 Å². The Bertz CT molecular complexity index is 1030. The van der Waals surface area contributed by atoms with Crippen LogP contribution in [0.25, 0.3) is 0 Å². The molecule has 0 spiro atoms. The van der Waals surface area contributed by atoms with Gasteiger partial charge in [-0.25, -0.2) is 9.97 Å². The average Bonchev–Trinajstić information content (AvgIpc) is 2.79. The second-order valence-corrected chi connectivity index (χ2v) is 7.86. The van der Waals surface area contributed by atoms with Gasteiger partial charge in [-0.3, -0.25) is 4.79 Å². The van der Waals surface area contributed by atoms with Gasteiger partial charge in [0.1, 0.15) is 10.8 Å². The molecular formula is C23H24N4O2S. The molecule has 4 rings (SSSR count). The topological polar surface area (TPSA) is 67.3 Å². The van der Waals surface area contributed by atoms with Crippen molar-refractivity contribution in [3.8, 4) is 5.75 Å². The number of hydrogen-bond acceptors (Lipinski definition) is 6. The van der Waals surface area contributed by atoms with Crippen LogP contribution in [0.5, 0.6) is 5.75 Å². The number of amides is 1. The van der Waals surface area contributed by atoms with Crippen LogP contribution >= 0.6 is 11.8 Å². The number of fused-ring (bicyclic) bond motifs is 1. The highest BCUT2D eigenvalue weighted by molar-refractivity contribution is 8.00. The van der Waals surface area contributed by atoms with Crippen LogP contribution in [0.15, 0.2) is 66.0 Å². The van der Waals surface area contributed by atoms with E-state index in [1.807, 2.05) is 31.2 Å². The summed E-state index contributed by atoms with van der Waals surface area (Å²) in [4.78, 5) is 23.8. The van der Waals surface area contributed by atoms with Crippen molar-refractivity contribution in [2.45, 2.75) is 24.9 Å². The largest absolute Gasteiger partial charge is 0.492 e. The number of benzene rings is 2. The van der Waals surface area contributed by atoms with Gasteiger partial charge in [-0.1, -0.05) is 48.2 Å². The molecule has 1 amide bonds. The quantitative estimate of drug-likeness (QED) is 0.579. The molecule has 1 aliphatic rings. The number of thioether (sulfide) groups is 1. The van der Waals surface area contributed by atoms with Crippen molar-refractivity contribution in [3.63, 3.8) is 0 Å². The molecule has 1 aromatic heterocycles. The monoisotopic (exact) mass is 420 g/mol. The first-order valence-corrected chi connectivity index (χ1v) is 11.0. The van der Waals surface area contributed by atoms with Crippen LogP contribution in [0.2, 0.25) is 0 Å². The van der Waals surface area contributed by atoms with Gasteiger partial charge in [0, 0.05) is 25.5 Å². The van der Waals surface area contributed by atoms with E-state index in [0.717, 1.165) is 30.4 Å². The van der Waals surface area contributed by atoms with E-state index in [2.05, 4.69) is 44.5 Å². The Morgan fingerprint density at radius 3 is 2.73 bits per heavy atom. The van der Waals surface area contributed by atoms with Crippen LogP contribution in [0.4, 0.5) is 11.5 Å². The predicted molar refractivity (Wildman–Crippen MR) is 120 cm³/mol. The molecule has 0 unspecified atom stereocenters. The number of nitrogens with one attached hydrogen (secondary N) is 1. The normalized spacial score (nSPS) is 12.9. The Balaban J connectivity index is 1.42. The van der Waals surface area contributed by atoms with Crippen LogP contribution in [-0.4, -0.2) is 34.8 Å². The first-order valence-electron chi connectivity index (χ1n) is 10.0. The molecule has 1 aliphatic heterocycles. The summed E-state index contributed by atoms with van der Waals surface area (Å²) in [6, 6.07) is 15.9. The summed E-state index contributed by atoms with van der Waals surface area (Å²) in [6.45, 7) is 4.15. The van der Waals surface area contributed by atoms with Gasteiger partial charge in [0.05, 0.1) is 18.0 Å². The van der Waals surface area contributed by atoms with Gasteiger partial charge in [0.25, 0.3) is 0 Å². The highest BCUT2D eigenvalue weighted by Gasteiger charge is 2.21. The van der Waals surface area contributed by atoms with Crippen molar-refractivity contribution >= 4 is 29.2 Å². The van der Waals surface area contributed by atoms with Crippen molar-refractivity contribution in [3.05, 3.63) is 72.1 Å². The summed E-state index contributed by atoms with van der Waals surface area (Å²) in [6.07, 6.45) is 4.36. The Morgan fingerprint density at radius 2 is 1.87 bits per heavy atom. The molecule has 0 aliphatic carbocycles. The number of carbonyl (C=O) groups is 1. The highest BCUT2D eigenvalue weighted by atomic mass is 32.2. The summed E-state index contributed by atoms with van der Waals surface area (Å²) in [7, 11) is 0. The number of anilines is 2. The first kappa shape index (κ1) is 20.2. The van der Waals surface area contributed by atoms with E-state index in [1.54, 1.807) is 12.4 Å². The maximum absolute atomic E-state index is 12.5. The third kappa shape index (κ3) is 4.74. The molecular weight excluding hydrogens is 396 g/mol. The van der Waals surface area contributed by atoms with Crippen LogP contribution in [0.1, 0.15) is 18.1 Å². The van der Waals surface area contributed by atoms with E-state index >= 15 is 0 Å². The van der Waals surface area contributed by atoms with Gasteiger partial charge in [-0.15, -0.1) is 0 Å². The van der Waals surface area contributed by atoms with Gasteiger partial charge in [-0.2, -0.15) is 0 Å². The molecule has 7 heteroatoms. The summed E-state index contributed by atoms with van der Waals surface area (Å²) < 4.78 is 5.58. The molecule has 0 saturated heterocycles. The van der Waals surface area contributed by atoms with Crippen LogP contribution in [0.3, 0.4) is 0 Å². The minimum Gasteiger partial charge on any atom is -0.492 e. The lowest BCUT2D eigenvalue weighted by molar-refractivity contribution is -0.113. The highest BCUT2D eigenvalue weighted by Crippen LogP contribution is 2.30. The van der Waals surface area contributed by atoms with Crippen molar-refractivity contribution in [1.29, 1.82) is 0 Å². The van der Waals surface area contributed by atoms with E-state index in [1.165, 1.54) is 22.9 Å². The summed E-state index contributed by atoms with van der Waals surface area (Å²) in [5, 5.41) is 3.70. The summed E-state index contributed by atoms with van der Waals surface area (Å²) in [5.74, 6) is 1.65. The van der Waals surface area contributed by atoms with Crippen LogP contribution in [0, 0.1) is 0 Å². The van der Waals surface area contributed by atoms with Crippen molar-refractivity contribution in [2.24, 2.45) is 0 Å². The van der Waals surface area contributed by atoms with Crippen molar-refractivity contribution in [2.75, 3.05) is 29.1 Å². The molecule has 6 nitrogen and oxygen atoms in total. The number of para-hydroxylation sites is 2. The fourth-order valence-corrected chi connectivity index (χ4v) is 4.27. The second kappa shape index (κ2) is 9.63. The van der Waals surface area contributed by atoms with Gasteiger partial charge in [0.15, 0.2) is 5.82 Å². The molecule has 2 heterocycles. The first-order chi connectivity index (χ1) is 14.7. The Morgan fingerprint density at radius 1 is 1.10 bits per heavy atom. The van der Waals surface area contributed by atoms with E-state index in [0.29, 0.717) is 18.0 Å². The predicted octanol–water partition coefficient (Wildman–Crippen LogP) is 4.17. The Kier molecular flexibility index (Phi) is 6.49. The minimum atomic E-state index is -0.104. The fraction of sp³-hybridized carbons (Fsp3) is 0.261. The molecule has 0 atom stereocenters. The zero-order valence-corrected chi connectivity index (χ0v) is 17.7. The van der Waals surface area contributed by atoms with E-state index < -0.39 is 0 Å². The van der Waals surface area contributed by atoms with E-state index in [4.69, 9.17) is 4.74 Å².